The second kappa shape index (κ2) is 7.20. The topological polar surface area (TPSA) is 68.3 Å². The molecule has 1 N–H and O–H groups in total. The van der Waals surface area contributed by atoms with Gasteiger partial charge >= 0.3 is 5.97 Å². The molecule has 0 aromatic carbocycles. The van der Waals surface area contributed by atoms with Crippen molar-refractivity contribution < 1.29 is 14.3 Å². The quantitative estimate of drug-likeness (QED) is 0.684. The highest BCUT2D eigenvalue weighted by atomic mass is 16.5. The second-order valence-corrected chi connectivity index (χ2v) is 5.83. The molecule has 118 valence electrons. The lowest BCUT2D eigenvalue weighted by molar-refractivity contribution is -0.152. The van der Waals surface area contributed by atoms with Gasteiger partial charge in [0.05, 0.1) is 12.8 Å². The van der Waals surface area contributed by atoms with Gasteiger partial charge in [0, 0.05) is 12.3 Å². The summed E-state index contributed by atoms with van der Waals surface area (Å²) in [5.74, 6) is -0.0941. The summed E-state index contributed by atoms with van der Waals surface area (Å²) in [5, 5.41) is 2.85. The Balaban J connectivity index is 2.05. The maximum Gasteiger partial charge on any atom is 0.331 e. The molecule has 1 aromatic rings. The zero-order valence-electron chi connectivity index (χ0n) is 13.0. The minimum absolute atomic E-state index is 0.300. The highest BCUT2D eigenvalue weighted by molar-refractivity contribution is 5.96. The summed E-state index contributed by atoms with van der Waals surface area (Å²) in [6.45, 7) is 2.16. The minimum atomic E-state index is -0.896. The molecule has 5 nitrogen and oxygen atoms in total. The average Bonchev–Trinajstić information content (AvgIpc) is 2.55. The first-order valence-corrected chi connectivity index (χ1v) is 7.55. The Labute approximate surface area is 130 Å². The maximum absolute atomic E-state index is 12.2. The molecule has 0 unspecified atom stereocenters. The van der Waals surface area contributed by atoms with Crippen LogP contribution in [-0.4, -0.2) is 29.5 Å². The maximum atomic E-state index is 12.2. The van der Waals surface area contributed by atoms with Crippen LogP contribution < -0.4 is 5.32 Å². The lowest BCUT2D eigenvalue weighted by atomic mass is 9.77. The molecule has 2 rings (SSSR count). The molecule has 1 aromatic heterocycles. The summed E-state index contributed by atoms with van der Waals surface area (Å²) in [7, 11) is 1.36. The highest BCUT2D eigenvalue weighted by Gasteiger charge is 2.43. The van der Waals surface area contributed by atoms with E-state index in [-0.39, 0.29) is 11.9 Å². The van der Waals surface area contributed by atoms with Crippen LogP contribution in [0.2, 0.25) is 0 Å². The fourth-order valence-corrected chi connectivity index (χ4v) is 2.74. The number of nitrogens with one attached hydrogen (secondary N) is 1. The van der Waals surface area contributed by atoms with E-state index in [2.05, 4.69) is 17.2 Å². The number of ether oxygens (including phenoxy) is 1. The SMILES string of the molecule is COC(=O)C1(NC(=O)C=Cc2ccccn2)CCC(C)CC1. The van der Waals surface area contributed by atoms with Crippen molar-refractivity contribution in [1.29, 1.82) is 0 Å². The van der Waals surface area contributed by atoms with Crippen LogP contribution in [0.15, 0.2) is 30.5 Å². The van der Waals surface area contributed by atoms with Gasteiger partial charge in [-0.25, -0.2) is 4.79 Å². The van der Waals surface area contributed by atoms with Crippen molar-refractivity contribution in [3.05, 3.63) is 36.2 Å². The van der Waals surface area contributed by atoms with Gasteiger partial charge in [0.1, 0.15) is 5.54 Å². The van der Waals surface area contributed by atoms with Crippen LogP contribution in [0.1, 0.15) is 38.3 Å². The van der Waals surface area contributed by atoms with Crippen molar-refractivity contribution in [2.75, 3.05) is 7.11 Å². The predicted molar refractivity (Wildman–Crippen MR) is 83.8 cm³/mol. The summed E-state index contributed by atoms with van der Waals surface area (Å²) >= 11 is 0. The number of methoxy groups -OCH3 is 1. The number of rotatable bonds is 4. The van der Waals surface area contributed by atoms with E-state index in [9.17, 15) is 9.59 Å². The Hall–Kier alpha value is -2.17. The van der Waals surface area contributed by atoms with Gasteiger partial charge in [-0.1, -0.05) is 13.0 Å². The van der Waals surface area contributed by atoms with E-state index < -0.39 is 5.54 Å². The molecule has 0 saturated heterocycles. The number of carbonyl (C=O) groups is 2. The molecule has 1 amide bonds. The van der Waals surface area contributed by atoms with Crippen LogP contribution >= 0.6 is 0 Å². The normalized spacial score (nSPS) is 24.9. The van der Waals surface area contributed by atoms with Crippen molar-refractivity contribution in [1.82, 2.24) is 10.3 Å². The van der Waals surface area contributed by atoms with Crippen LogP contribution in [0, 0.1) is 5.92 Å². The summed E-state index contributed by atoms with van der Waals surface area (Å²) in [6, 6.07) is 5.47. The van der Waals surface area contributed by atoms with Crippen molar-refractivity contribution in [3.63, 3.8) is 0 Å². The van der Waals surface area contributed by atoms with Gasteiger partial charge in [0.15, 0.2) is 0 Å². The number of pyridine rings is 1. The molecular formula is C17H22N2O3. The summed E-state index contributed by atoms with van der Waals surface area (Å²) < 4.78 is 4.90. The Morgan fingerprint density at radius 3 is 2.68 bits per heavy atom. The molecule has 5 heteroatoms. The predicted octanol–water partition coefficient (Wildman–Crippen LogP) is 2.33. The standard InChI is InChI=1S/C17H22N2O3/c1-13-8-10-17(11-9-13,16(21)22-2)19-15(20)7-6-14-5-3-4-12-18-14/h3-7,12-13H,8-11H2,1-2H3,(H,19,20). The van der Waals surface area contributed by atoms with E-state index in [1.165, 1.54) is 13.2 Å². The number of amides is 1. The van der Waals surface area contributed by atoms with Crippen molar-refractivity contribution in [2.24, 2.45) is 5.92 Å². The number of nitrogens with zero attached hydrogens (tertiary/aromatic N) is 1. The van der Waals surface area contributed by atoms with E-state index in [0.717, 1.165) is 12.8 Å². The Bertz CT molecular complexity index is 546. The molecule has 22 heavy (non-hydrogen) atoms. The summed E-state index contributed by atoms with van der Waals surface area (Å²) in [5.41, 5.74) is -0.200. The molecule has 0 spiro atoms. The third-order valence-corrected chi connectivity index (χ3v) is 4.16. The molecule has 1 aliphatic rings. The molecule has 0 aliphatic heterocycles. The van der Waals surface area contributed by atoms with Crippen LogP contribution in [0.25, 0.3) is 6.08 Å². The third kappa shape index (κ3) is 3.93. The molecule has 1 aliphatic carbocycles. The molecule has 1 saturated carbocycles. The van der Waals surface area contributed by atoms with Crippen LogP contribution in [0.5, 0.6) is 0 Å². The monoisotopic (exact) mass is 302 g/mol. The lowest BCUT2D eigenvalue weighted by Crippen LogP contribution is -2.56. The molecule has 0 radical (unpaired) electrons. The van der Waals surface area contributed by atoms with Crippen molar-refractivity contribution >= 4 is 18.0 Å². The molecule has 1 heterocycles. The Morgan fingerprint density at radius 1 is 1.36 bits per heavy atom. The zero-order valence-corrected chi connectivity index (χ0v) is 13.0. The van der Waals surface area contributed by atoms with Crippen LogP contribution in [0.3, 0.4) is 0 Å². The number of hydrogen-bond donors (Lipinski definition) is 1. The first-order chi connectivity index (χ1) is 10.6. The average molecular weight is 302 g/mol. The van der Waals surface area contributed by atoms with Crippen LogP contribution in [-0.2, 0) is 14.3 Å². The van der Waals surface area contributed by atoms with Crippen molar-refractivity contribution in [3.8, 4) is 0 Å². The molecule has 1 fully saturated rings. The van der Waals surface area contributed by atoms with Gasteiger partial charge in [0.25, 0.3) is 0 Å². The molecule has 0 bridgehead atoms. The van der Waals surface area contributed by atoms with Gasteiger partial charge in [-0.15, -0.1) is 0 Å². The first-order valence-electron chi connectivity index (χ1n) is 7.55. The second-order valence-electron chi connectivity index (χ2n) is 5.83. The fraction of sp³-hybridized carbons (Fsp3) is 0.471. The highest BCUT2D eigenvalue weighted by Crippen LogP contribution is 2.32. The van der Waals surface area contributed by atoms with Gasteiger partial charge in [-0.05, 0) is 49.8 Å². The van der Waals surface area contributed by atoms with Crippen molar-refractivity contribution in [2.45, 2.75) is 38.1 Å². The molecular weight excluding hydrogens is 280 g/mol. The summed E-state index contributed by atoms with van der Waals surface area (Å²) in [4.78, 5) is 28.4. The molecule has 0 atom stereocenters. The van der Waals surface area contributed by atoms with E-state index >= 15 is 0 Å². The first kappa shape index (κ1) is 16.2. The van der Waals surface area contributed by atoms with E-state index in [1.807, 2.05) is 18.2 Å². The minimum Gasteiger partial charge on any atom is -0.467 e. The zero-order chi connectivity index (χ0) is 16.0. The van der Waals surface area contributed by atoms with E-state index in [4.69, 9.17) is 4.74 Å². The Kier molecular flexibility index (Phi) is 5.31. The number of carbonyl (C=O) groups excluding carboxylic acids is 2. The van der Waals surface area contributed by atoms with Gasteiger partial charge in [-0.2, -0.15) is 0 Å². The largest absolute Gasteiger partial charge is 0.467 e. The van der Waals surface area contributed by atoms with Crippen LogP contribution in [0.4, 0.5) is 0 Å². The lowest BCUT2D eigenvalue weighted by Gasteiger charge is -2.37. The van der Waals surface area contributed by atoms with Gasteiger partial charge in [0.2, 0.25) is 5.91 Å². The Morgan fingerprint density at radius 2 is 2.09 bits per heavy atom. The fourth-order valence-electron chi connectivity index (χ4n) is 2.74. The number of hydrogen-bond acceptors (Lipinski definition) is 4. The third-order valence-electron chi connectivity index (χ3n) is 4.16. The van der Waals surface area contributed by atoms with E-state index in [0.29, 0.717) is 24.5 Å². The van der Waals surface area contributed by atoms with Gasteiger partial charge < -0.3 is 10.1 Å². The van der Waals surface area contributed by atoms with E-state index in [1.54, 1.807) is 12.3 Å². The smallest absolute Gasteiger partial charge is 0.331 e. The number of aromatic nitrogens is 1. The summed E-state index contributed by atoms with van der Waals surface area (Å²) in [6.07, 6.45) is 7.74. The van der Waals surface area contributed by atoms with Gasteiger partial charge in [-0.3, -0.25) is 9.78 Å². The number of esters is 1.